The third kappa shape index (κ3) is 9.32. The number of hydrogen-bond acceptors (Lipinski definition) is 11. The highest BCUT2D eigenvalue weighted by Gasteiger charge is 2.65. The van der Waals surface area contributed by atoms with E-state index < -0.39 is 29.7 Å². The molecule has 6 unspecified atom stereocenters. The molecule has 0 bridgehead atoms. The minimum Gasteiger partial charge on any atom is -0.496 e. The van der Waals surface area contributed by atoms with Gasteiger partial charge in [0, 0.05) is 37.7 Å². The van der Waals surface area contributed by atoms with Crippen LogP contribution in [0, 0.1) is 23.6 Å². The van der Waals surface area contributed by atoms with Crippen molar-refractivity contribution in [3.63, 3.8) is 0 Å². The van der Waals surface area contributed by atoms with E-state index >= 15 is 0 Å². The molecule has 6 atom stereocenters. The van der Waals surface area contributed by atoms with Crippen LogP contribution in [0.3, 0.4) is 0 Å². The van der Waals surface area contributed by atoms with E-state index in [1.807, 2.05) is 12.1 Å². The number of rotatable bonds is 20. The molecule has 1 heterocycles. The number of aliphatic hydroxyl groups is 2. The van der Waals surface area contributed by atoms with E-state index in [0.717, 1.165) is 36.8 Å². The molecule has 1 saturated carbocycles. The molecular weight excluding hydrogens is 760 g/mol. The number of methoxy groups -OCH3 is 1. The molecule has 13 heteroatoms. The summed E-state index contributed by atoms with van der Waals surface area (Å²) in [5, 5.41) is 24.3. The molecule has 316 valence electrons. The van der Waals surface area contributed by atoms with Gasteiger partial charge >= 0.3 is 6.09 Å². The van der Waals surface area contributed by atoms with Crippen LogP contribution in [0.25, 0.3) is 0 Å². The minimum atomic E-state index is -1.51. The van der Waals surface area contributed by atoms with E-state index in [4.69, 9.17) is 28.5 Å². The molecule has 2 N–H and O–H groups in total. The van der Waals surface area contributed by atoms with Crippen LogP contribution in [-0.4, -0.2) is 85.7 Å². The van der Waals surface area contributed by atoms with E-state index in [9.17, 15) is 24.2 Å². The molecule has 59 heavy (non-hydrogen) atoms. The molecule has 1 aliphatic heterocycles. The fourth-order valence-electron chi connectivity index (χ4n) is 9.12. The third-order valence-electron chi connectivity index (χ3n) is 11.6. The molecule has 0 saturated heterocycles. The number of oxime groups is 1. The summed E-state index contributed by atoms with van der Waals surface area (Å²) in [6.07, 6.45) is 8.51. The Labute approximate surface area is 345 Å². The average Bonchev–Trinajstić information content (AvgIpc) is 3.24. The zero-order chi connectivity index (χ0) is 41.9. The van der Waals surface area contributed by atoms with Gasteiger partial charge in [-0.3, -0.25) is 9.69 Å². The number of hydrogen-bond donors (Lipinski definition) is 2. The van der Waals surface area contributed by atoms with Crippen LogP contribution in [0.1, 0.15) is 79.3 Å². The molecule has 6 rings (SSSR count). The topological polar surface area (TPSA) is 146 Å². The minimum absolute atomic E-state index is 0.0167. The second-order valence-corrected chi connectivity index (χ2v) is 15.0. The van der Waals surface area contributed by atoms with Crippen molar-refractivity contribution in [3.05, 3.63) is 107 Å². The molecule has 0 spiro atoms. The standard InChI is InChI=1S/C46H55FN2O10/c1-5-23-57-46-42(49(45(53)56-6-2)28-30-13-15-33(47)16-14-30)27-39(48-55-4)37-25-31(11-7-9-21-50)36(12-8-10-22-51)43(44(37)46)38-26-35(18-20-41(38)59-46)58-34-17-19-40(54-3)32(24-34)29-52/h5,13-20,24-26,29,31,36,42-44,50-51H,1,6-12,21-23,27-28H2,2-4H3. The van der Waals surface area contributed by atoms with E-state index in [-0.39, 0.29) is 57.1 Å². The maximum absolute atomic E-state index is 14.2. The van der Waals surface area contributed by atoms with Crippen LogP contribution < -0.4 is 14.2 Å². The first-order valence-corrected chi connectivity index (χ1v) is 20.4. The van der Waals surface area contributed by atoms with E-state index in [1.165, 1.54) is 26.4 Å². The lowest BCUT2D eigenvalue weighted by atomic mass is 9.55. The first kappa shape index (κ1) is 43.3. The summed E-state index contributed by atoms with van der Waals surface area (Å²) < 4.78 is 45.8. The second-order valence-electron chi connectivity index (χ2n) is 15.0. The molecule has 0 aromatic heterocycles. The summed E-state index contributed by atoms with van der Waals surface area (Å²) >= 11 is 0. The van der Waals surface area contributed by atoms with Crippen molar-refractivity contribution in [2.24, 2.45) is 22.9 Å². The smallest absolute Gasteiger partial charge is 0.410 e. The summed E-state index contributed by atoms with van der Waals surface area (Å²) in [5.41, 5.74) is 3.37. The first-order valence-electron chi connectivity index (χ1n) is 20.4. The zero-order valence-electron chi connectivity index (χ0n) is 34.0. The van der Waals surface area contributed by atoms with Crippen molar-refractivity contribution in [2.45, 2.75) is 76.2 Å². The van der Waals surface area contributed by atoms with Gasteiger partial charge in [-0.05, 0) is 104 Å². The highest BCUT2D eigenvalue weighted by atomic mass is 19.1. The first-order chi connectivity index (χ1) is 28.7. The summed E-state index contributed by atoms with van der Waals surface area (Å²) in [7, 11) is 2.99. The molecule has 1 amide bonds. The Morgan fingerprint density at radius 3 is 2.42 bits per heavy atom. The van der Waals surface area contributed by atoms with Gasteiger partial charge < -0.3 is 38.7 Å². The van der Waals surface area contributed by atoms with Gasteiger partial charge in [-0.15, -0.1) is 6.58 Å². The Morgan fingerprint density at radius 1 is 1.02 bits per heavy atom. The normalized spacial score (nSPS) is 23.5. The molecule has 3 aromatic carbocycles. The SMILES string of the molecule is C=CCOC12Oc3ccc(Oc4ccc(OC)c(C=O)c4)cc3C3C(CCCCO)C(CCCCO)C=C(C(=NOC)CC1N(Cc1ccc(F)cc1)C(=O)OCC)C32. The highest BCUT2D eigenvalue weighted by molar-refractivity contribution is 6.03. The van der Waals surface area contributed by atoms with Crippen molar-refractivity contribution < 1.29 is 52.7 Å². The number of allylic oxidation sites excluding steroid dienone is 1. The summed E-state index contributed by atoms with van der Waals surface area (Å²) in [6, 6.07) is 15.8. The monoisotopic (exact) mass is 814 g/mol. The number of aliphatic hydroxyl groups excluding tert-OH is 2. The van der Waals surface area contributed by atoms with Crippen LogP contribution in [0.4, 0.5) is 9.18 Å². The number of carbonyl (C=O) groups excluding carboxylic acids is 2. The van der Waals surface area contributed by atoms with E-state index in [1.54, 1.807) is 54.3 Å². The van der Waals surface area contributed by atoms with Gasteiger partial charge in [0.15, 0.2) is 6.29 Å². The number of carbonyl (C=O) groups is 2. The average molecular weight is 815 g/mol. The van der Waals surface area contributed by atoms with Gasteiger partial charge in [0.2, 0.25) is 5.79 Å². The third-order valence-corrected chi connectivity index (χ3v) is 11.6. The van der Waals surface area contributed by atoms with Crippen molar-refractivity contribution in [1.29, 1.82) is 0 Å². The predicted molar refractivity (Wildman–Crippen MR) is 219 cm³/mol. The number of nitrogens with zero attached hydrogens (tertiary/aromatic N) is 2. The fraction of sp³-hybridized carbons (Fsp3) is 0.457. The molecule has 2 aliphatic carbocycles. The van der Waals surface area contributed by atoms with Gasteiger partial charge in [0.25, 0.3) is 0 Å². The molecule has 12 nitrogen and oxygen atoms in total. The summed E-state index contributed by atoms with van der Waals surface area (Å²) in [6.45, 7) is 6.09. The van der Waals surface area contributed by atoms with Crippen molar-refractivity contribution in [3.8, 4) is 23.0 Å². The molecule has 0 radical (unpaired) electrons. The van der Waals surface area contributed by atoms with Crippen LogP contribution in [0.15, 0.2) is 90.1 Å². The largest absolute Gasteiger partial charge is 0.496 e. The summed E-state index contributed by atoms with van der Waals surface area (Å²) in [5.74, 6) is -0.840. The Kier molecular flexibility index (Phi) is 14.8. The van der Waals surface area contributed by atoms with Crippen LogP contribution in [0.2, 0.25) is 0 Å². The van der Waals surface area contributed by atoms with Crippen molar-refractivity contribution in [2.75, 3.05) is 40.6 Å². The van der Waals surface area contributed by atoms with Gasteiger partial charge in [-0.1, -0.05) is 42.3 Å². The van der Waals surface area contributed by atoms with Crippen LogP contribution >= 0.6 is 0 Å². The molecule has 3 aliphatic rings. The van der Waals surface area contributed by atoms with E-state index in [2.05, 4.69) is 17.8 Å². The number of amides is 1. The van der Waals surface area contributed by atoms with Crippen molar-refractivity contribution in [1.82, 2.24) is 4.90 Å². The number of fused-ring (bicyclic) bond motifs is 2. The predicted octanol–water partition coefficient (Wildman–Crippen LogP) is 8.36. The molecule has 1 fully saturated rings. The lowest BCUT2D eigenvalue weighted by molar-refractivity contribution is -0.256. The fourth-order valence-corrected chi connectivity index (χ4v) is 9.12. The van der Waals surface area contributed by atoms with Gasteiger partial charge in [0.1, 0.15) is 42.0 Å². The van der Waals surface area contributed by atoms with Gasteiger partial charge in [-0.2, -0.15) is 0 Å². The van der Waals surface area contributed by atoms with E-state index in [0.29, 0.717) is 59.0 Å². The molecule has 3 aromatic rings. The van der Waals surface area contributed by atoms with Crippen LogP contribution in [-0.2, 0) is 20.9 Å². The maximum Gasteiger partial charge on any atom is 0.410 e. The Hall–Kier alpha value is -5.24. The summed E-state index contributed by atoms with van der Waals surface area (Å²) in [4.78, 5) is 33.2. The maximum atomic E-state index is 14.2. The Balaban J connectivity index is 1.58. The lowest BCUT2D eigenvalue weighted by Gasteiger charge is -2.59. The second kappa shape index (κ2) is 20.1. The number of aldehydes is 1. The van der Waals surface area contributed by atoms with Gasteiger partial charge in [0.05, 0.1) is 37.5 Å². The lowest BCUT2D eigenvalue weighted by Crippen LogP contribution is -2.70. The zero-order valence-corrected chi connectivity index (χ0v) is 34.0. The number of ether oxygens (including phenoxy) is 5. The molecular formula is C46H55FN2O10. The number of unbranched alkanes of at least 4 members (excludes halogenated alkanes) is 2. The van der Waals surface area contributed by atoms with Crippen LogP contribution in [0.5, 0.6) is 23.0 Å². The van der Waals surface area contributed by atoms with Gasteiger partial charge in [-0.25, -0.2) is 9.18 Å². The quantitative estimate of drug-likeness (QED) is 0.0494. The highest BCUT2D eigenvalue weighted by Crippen LogP contribution is 2.62. The number of benzene rings is 3. The Morgan fingerprint density at radius 2 is 1.75 bits per heavy atom. The number of halogens is 1. The Bertz CT molecular complexity index is 1990. The van der Waals surface area contributed by atoms with Crippen molar-refractivity contribution >= 4 is 18.1 Å².